The van der Waals surface area contributed by atoms with Crippen LogP contribution in [0.3, 0.4) is 0 Å². The van der Waals surface area contributed by atoms with E-state index < -0.39 is 0 Å². The normalized spacial score (nSPS) is 11.4. The number of benzene rings is 10. The molecule has 0 aliphatic heterocycles. The van der Waals surface area contributed by atoms with Crippen molar-refractivity contribution in [1.82, 2.24) is 0 Å². The van der Waals surface area contributed by atoms with Crippen molar-refractivity contribution in [3.05, 3.63) is 224 Å². The Balaban J connectivity index is 0.941. The van der Waals surface area contributed by atoms with Crippen molar-refractivity contribution in [3.63, 3.8) is 0 Å². The second-order valence-electron chi connectivity index (χ2n) is 14.9. The van der Waals surface area contributed by atoms with E-state index in [-0.39, 0.29) is 0 Å². The van der Waals surface area contributed by atoms with Gasteiger partial charge >= 0.3 is 0 Å². The van der Waals surface area contributed by atoms with Gasteiger partial charge in [0.05, 0.1) is 0 Å². The lowest BCUT2D eigenvalue weighted by Gasteiger charge is -2.26. The lowest BCUT2D eigenvalue weighted by molar-refractivity contribution is 0.671. The Labute approximate surface area is 337 Å². The molecule has 10 aromatic carbocycles. The first kappa shape index (κ1) is 33.6. The van der Waals surface area contributed by atoms with Gasteiger partial charge in [0.1, 0.15) is 11.2 Å². The molecule has 11 aromatic rings. The summed E-state index contributed by atoms with van der Waals surface area (Å²) in [7, 11) is 0. The van der Waals surface area contributed by atoms with Crippen LogP contribution in [0.4, 0.5) is 17.1 Å². The van der Waals surface area contributed by atoms with E-state index in [0.717, 1.165) is 72.4 Å². The topological polar surface area (TPSA) is 16.4 Å². The summed E-state index contributed by atoms with van der Waals surface area (Å²) in [5, 5.41) is 7.26. The van der Waals surface area contributed by atoms with Gasteiger partial charge in [0.15, 0.2) is 0 Å². The van der Waals surface area contributed by atoms with Crippen LogP contribution in [0.1, 0.15) is 0 Å². The van der Waals surface area contributed by atoms with Gasteiger partial charge in [-0.2, -0.15) is 0 Å². The van der Waals surface area contributed by atoms with Gasteiger partial charge in [-0.05, 0) is 91.3 Å². The highest BCUT2D eigenvalue weighted by molar-refractivity contribution is 6.13. The highest BCUT2D eigenvalue weighted by atomic mass is 16.3. The molecule has 0 fully saturated rings. The molecule has 0 amide bonds. The molecule has 0 radical (unpaired) electrons. The summed E-state index contributed by atoms with van der Waals surface area (Å²) in [6.45, 7) is 0. The van der Waals surface area contributed by atoms with Gasteiger partial charge in [0, 0.05) is 39.0 Å². The minimum absolute atomic E-state index is 0.914. The zero-order valence-electron chi connectivity index (χ0n) is 31.7. The van der Waals surface area contributed by atoms with Crippen LogP contribution in [0.2, 0.25) is 0 Å². The summed E-state index contributed by atoms with van der Waals surface area (Å²) in [5.41, 5.74) is 14.4. The molecule has 0 spiro atoms. The van der Waals surface area contributed by atoms with Crippen LogP contribution in [0.25, 0.3) is 88.0 Å². The molecule has 1 heterocycles. The first-order valence-electron chi connectivity index (χ1n) is 19.8. The maximum atomic E-state index is 6.71. The molecule has 0 atom stereocenters. The van der Waals surface area contributed by atoms with Gasteiger partial charge in [0.2, 0.25) is 0 Å². The Morgan fingerprint density at radius 2 is 0.672 bits per heavy atom. The molecule has 58 heavy (non-hydrogen) atoms. The molecule has 0 bridgehead atoms. The van der Waals surface area contributed by atoms with Crippen LogP contribution in [0.15, 0.2) is 229 Å². The Morgan fingerprint density at radius 1 is 0.259 bits per heavy atom. The molecule has 2 nitrogen and oxygen atoms in total. The van der Waals surface area contributed by atoms with Crippen LogP contribution in [-0.4, -0.2) is 0 Å². The third-order valence-electron chi connectivity index (χ3n) is 11.5. The van der Waals surface area contributed by atoms with Crippen molar-refractivity contribution in [2.45, 2.75) is 0 Å². The van der Waals surface area contributed by atoms with E-state index in [4.69, 9.17) is 4.42 Å². The number of rotatable bonds is 7. The maximum Gasteiger partial charge on any atom is 0.143 e. The van der Waals surface area contributed by atoms with E-state index in [0.29, 0.717) is 0 Å². The monoisotopic (exact) mass is 739 g/mol. The number of nitrogens with zero attached hydrogens (tertiary/aromatic N) is 1. The summed E-state index contributed by atoms with van der Waals surface area (Å²) in [4.78, 5) is 2.35. The molecule has 0 N–H and O–H groups in total. The predicted octanol–water partition coefficient (Wildman–Crippen LogP) is 16.0. The van der Waals surface area contributed by atoms with Crippen molar-refractivity contribution < 1.29 is 4.42 Å². The highest BCUT2D eigenvalue weighted by Gasteiger charge is 2.17. The molecule has 0 unspecified atom stereocenters. The summed E-state index contributed by atoms with van der Waals surface area (Å²) >= 11 is 0. The largest absolute Gasteiger partial charge is 0.455 e. The molecule has 1 aromatic heterocycles. The van der Waals surface area contributed by atoms with E-state index in [9.17, 15) is 0 Å². The lowest BCUT2D eigenvalue weighted by Crippen LogP contribution is -2.09. The Bertz CT molecular complexity index is 3240. The number of para-hydroxylation sites is 2. The second-order valence-corrected chi connectivity index (χ2v) is 14.9. The van der Waals surface area contributed by atoms with E-state index >= 15 is 0 Å². The van der Waals surface area contributed by atoms with E-state index in [1.54, 1.807) is 0 Å². The number of fused-ring (bicyclic) bond motifs is 6. The van der Waals surface area contributed by atoms with E-state index in [1.807, 2.05) is 6.07 Å². The van der Waals surface area contributed by atoms with Crippen molar-refractivity contribution in [1.29, 1.82) is 0 Å². The summed E-state index contributed by atoms with van der Waals surface area (Å²) < 4.78 is 6.71. The van der Waals surface area contributed by atoms with Crippen molar-refractivity contribution in [2.24, 2.45) is 0 Å². The molecular weight excluding hydrogens is 703 g/mol. The number of anilines is 3. The fourth-order valence-electron chi connectivity index (χ4n) is 8.56. The molecule has 0 aliphatic carbocycles. The Hall–Kier alpha value is -7.68. The number of hydrogen-bond donors (Lipinski definition) is 0. The van der Waals surface area contributed by atoms with Gasteiger partial charge in [-0.15, -0.1) is 0 Å². The lowest BCUT2D eigenvalue weighted by atomic mass is 9.98. The van der Waals surface area contributed by atoms with Crippen LogP contribution >= 0.6 is 0 Å². The first-order chi connectivity index (χ1) is 28.7. The molecule has 0 saturated carbocycles. The zero-order valence-corrected chi connectivity index (χ0v) is 31.7. The average molecular weight is 740 g/mol. The van der Waals surface area contributed by atoms with E-state index in [2.05, 4.69) is 223 Å². The highest BCUT2D eigenvalue weighted by Crippen LogP contribution is 2.42. The zero-order chi connectivity index (χ0) is 38.4. The van der Waals surface area contributed by atoms with Crippen molar-refractivity contribution in [3.8, 4) is 44.5 Å². The molecule has 0 aliphatic rings. The van der Waals surface area contributed by atoms with Gasteiger partial charge in [-0.25, -0.2) is 0 Å². The van der Waals surface area contributed by atoms with Crippen molar-refractivity contribution >= 4 is 60.5 Å². The quantitative estimate of drug-likeness (QED) is 0.151. The summed E-state index contributed by atoms with van der Waals surface area (Å²) in [5.74, 6) is 0. The van der Waals surface area contributed by atoms with Gasteiger partial charge < -0.3 is 9.32 Å². The SMILES string of the molecule is c1ccc(-c2ccc(N(c3ccc(-c4ccc(-c5cccc6c5oc5c(-c7ccccc7)cccc56)cc4)cc3)c3ccc4c(ccc5ccccc54)c3)cc2)cc1. The molecule has 11 rings (SSSR count). The minimum atomic E-state index is 0.914. The third-order valence-corrected chi connectivity index (χ3v) is 11.5. The molecule has 272 valence electrons. The standard InChI is InChI=1S/C56H37NO/c1-3-11-38(12-4-1)40-27-31-46(32-28-40)57(48-35-36-50-45(37-48)26-25-43-15-7-8-16-49(43)50)47-33-29-41(30-34-47)39-21-23-44(24-22-39)52-18-10-20-54-53-19-9-17-51(55(53)58-56(52)54)42-13-5-2-6-14-42/h1-37H. The van der Waals surface area contributed by atoms with Crippen LogP contribution in [0.5, 0.6) is 0 Å². The smallest absolute Gasteiger partial charge is 0.143 e. The molecule has 2 heteroatoms. The Morgan fingerprint density at radius 3 is 1.28 bits per heavy atom. The fraction of sp³-hybridized carbons (Fsp3) is 0. The second kappa shape index (κ2) is 14.1. The van der Waals surface area contributed by atoms with Crippen LogP contribution < -0.4 is 4.90 Å². The van der Waals surface area contributed by atoms with Gasteiger partial charge in [-0.3, -0.25) is 0 Å². The fourth-order valence-corrected chi connectivity index (χ4v) is 8.56. The summed E-state index contributed by atoms with van der Waals surface area (Å²) in [6, 6.07) is 80.5. The van der Waals surface area contributed by atoms with Crippen LogP contribution in [-0.2, 0) is 0 Å². The number of furan rings is 1. The first-order valence-corrected chi connectivity index (χ1v) is 19.8. The minimum Gasteiger partial charge on any atom is -0.455 e. The third kappa shape index (κ3) is 5.91. The molecule has 0 saturated heterocycles. The summed E-state index contributed by atoms with van der Waals surface area (Å²) in [6.07, 6.45) is 0. The van der Waals surface area contributed by atoms with Crippen LogP contribution in [0, 0.1) is 0 Å². The average Bonchev–Trinajstić information content (AvgIpc) is 3.70. The maximum absolute atomic E-state index is 6.71. The Kier molecular flexibility index (Phi) is 8.19. The molecular formula is C56H37NO. The van der Waals surface area contributed by atoms with E-state index in [1.165, 1.54) is 32.7 Å². The van der Waals surface area contributed by atoms with Gasteiger partial charge in [-0.1, -0.05) is 188 Å². The van der Waals surface area contributed by atoms with Gasteiger partial charge in [0.25, 0.3) is 0 Å². The predicted molar refractivity (Wildman–Crippen MR) is 245 cm³/mol. The number of hydrogen-bond acceptors (Lipinski definition) is 2. The van der Waals surface area contributed by atoms with Crippen molar-refractivity contribution in [2.75, 3.05) is 4.90 Å².